The van der Waals surface area contributed by atoms with Crippen molar-refractivity contribution in [2.24, 2.45) is 5.92 Å². The Morgan fingerprint density at radius 1 is 1.40 bits per heavy atom. The minimum Gasteiger partial charge on any atom is -0.389 e. The minimum absolute atomic E-state index is 0.0522. The molecule has 0 aromatic carbocycles. The summed E-state index contributed by atoms with van der Waals surface area (Å²) in [5, 5.41) is 13.2. The molecule has 1 rings (SSSR count). The Hall–Kier alpha value is -1.13. The fraction of sp³-hybridized carbons (Fsp3) is 0.688. The van der Waals surface area contributed by atoms with Gasteiger partial charge in [-0.2, -0.15) is 0 Å². The number of carbonyl (C=O) groups excluding carboxylic acids is 1. The maximum absolute atomic E-state index is 11.7. The number of aliphatic hydroxyl groups excluding tert-OH is 1. The SMILES string of the molecule is CO[C@H]1/C=C/CCCCNC(=O)C/C(C)=C\[C@@H](C)[C@@H]1O. The number of hydrogen-bond acceptors (Lipinski definition) is 3. The summed E-state index contributed by atoms with van der Waals surface area (Å²) in [6.07, 6.45) is 8.36. The minimum atomic E-state index is -0.600. The maximum Gasteiger partial charge on any atom is 0.224 e. The Kier molecular flexibility index (Phi) is 7.55. The monoisotopic (exact) mass is 281 g/mol. The van der Waals surface area contributed by atoms with Crippen LogP contribution in [0.2, 0.25) is 0 Å². The zero-order valence-corrected chi connectivity index (χ0v) is 12.8. The van der Waals surface area contributed by atoms with E-state index in [9.17, 15) is 9.90 Å². The Balaban J connectivity index is 2.80. The molecular weight excluding hydrogens is 254 g/mol. The molecule has 3 atom stereocenters. The Labute approximate surface area is 121 Å². The lowest BCUT2D eigenvalue weighted by atomic mass is 9.95. The van der Waals surface area contributed by atoms with Gasteiger partial charge in [-0.15, -0.1) is 0 Å². The molecule has 0 aliphatic carbocycles. The molecule has 2 N–H and O–H groups in total. The fourth-order valence-electron chi connectivity index (χ4n) is 2.40. The van der Waals surface area contributed by atoms with Gasteiger partial charge in [0.15, 0.2) is 0 Å². The normalized spacial score (nSPS) is 34.5. The average molecular weight is 281 g/mol. The molecular formula is C16H27NO3. The van der Waals surface area contributed by atoms with E-state index >= 15 is 0 Å². The van der Waals surface area contributed by atoms with E-state index in [1.807, 2.05) is 32.1 Å². The van der Waals surface area contributed by atoms with Gasteiger partial charge in [-0.1, -0.05) is 30.7 Å². The van der Waals surface area contributed by atoms with Crippen LogP contribution in [0, 0.1) is 5.92 Å². The smallest absolute Gasteiger partial charge is 0.224 e. The van der Waals surface area contributed by atoms with Gasteiger partial charge in [0.25, 0.3) is 0 Å². The molecule has 114 valence electrons. The molecule has 0 aromatic rings. The van der Waals surface area contributed by atoms with Crippen LogP contribution < -0.4 is 5.32 Å². The summed E-state index contributed by atoms with van der Waals surface area (Å²) < 4.78 is 5.34. The summed E-state index contributed by atoms with van der Waals surface area (Å²) in [5.74, 6) is -0.00308. The van der Waals surface area contributed by atoms with Crippen LogP contribution in [0.1, 0.15) is 39.5 Å². The second-order valence-electron chi connectivity index (χ2n) is 5.51. The lowest BCUT2D eigenvalue weighted by Crippen LogP contribution is -2.32. The lowest BCUT2D eigenvalue weighted by Gasteiger charge is -2.23. The largest absolute Gasteiger partial charge is 0.389 e. The van der Waals surface area contributed by atoms with Crippen molar-refractivity contribution >= 4 is 5.91 Å². The Bertz CT molecular complexity index is 363. The van der Waals surface area contributed by atoms with Gasteiger partial charge in [0.2, 0.25) is 5.91 Å². The summed E-state index contributed by atoms with van der Waals surface area (Å²) in [4.78, 5) is 11.7. The second-order valence-corrected chi connectivity index (χ2v) is 5.51. The van der Waals surface area contributed by atoms with Crippen LogP contribution in [-0.4, -0.2) is 36.9 Å². The van der Waals surface area contributed by atoms with Crippen molar-refractivity contribution < 1.29 is 14.6 Å². The standard InChI is InChI=1S/C16H27NO3/c1-12-10-13(2)16(19)14(20-3)8-6-4-5-7-9-17-15(18)11-12/h6,8,10,13-14,16,19H,4-5,7,9,11H2,1-3H3,(H,17,18)/b8-6+,12-10-/t13-,14+,16+/m1/s1. The maximum atomic E-state index is 11.7. The Morgan fingerprint density at radius 2 is 2.15 bits per heavy atom. The number of nitrogens with one attached hydrogen (secondary N) is 1. The first kappa shape index (κ1) is 16.9. The highest BCUT2D eigenvalue weighted by atomic mass is 16.5. The molecule has 1 amide bonds. The summed E-state index contributed by atoms with van der Waals surface area (Å²) in [6.45, 7) is 4.59. The first-order valence-electron chi connectivity index (χ1n) is 7.36. The van der Waals surface area contributed by atoms with Crippen molar-refractivity contribution in [1.29, 1.82) is 0 Å². The molecule has 0 saturated carbocycles. The number of allylic oxidation sites excluding steroid dienone is 1. The molecule has 0 unspecified atom stereocenters. The second kappa shape index (κ2) is 8.93. The van der Waals surface area contributed by atoms with Gasteiger partial charge >= 0.3 is 0 Å². The first-order valence-corrected chi connectivity index (χ1v) is 7.36. The quantitative estimate of drug-likeness (QED) is 0.724. The van der Waals surface area contributed by atoms with E-state index < -0.39 is 6.10 Å². The molecule has 0 bridgehead atoms. The third kappa shape index (κ3) is 5.88. The summed E-state index contributed by atoms with van der Waals surface area (Å²) >= 11 is 0. The summed E-state index contributed by atoms with van der Waals surface area (Å²) in [6, 6.07) is 0. The topological polar surface area (TPSA) is 58.6 Å². The van der Waals surface area contributed by atoms with Gasteiger partial charge < -0.3 is 15.2 Å². The number of hydrogen-bond donors (Lipinski definition) is 2. The van der Waals surface area contributed by atoms with Gasteiger partial charge in [-0.3, -0.25) is 4.79 Å². The van der Waals surface area contributed by atoms with E-state index in [1.54, 1.807) is 7.11 Å². The zero-order valence-electron chi connectivity index (χ0n) is 12.8. The molecule has 0 aromatic heterocycles. The molecule has 1 aliphatic rings. The number of ether oxygens (including phenoxy) is 1. The third-order valence-electron chi connectivity index (χ3n) is 3.58. The Morgan fingerprint density at radius 3 is 2.85 bits per heavy atom. The van der Waals surface area contributed by atoms with Crippen molar-refractivity contribution in [3.8, 4) is 0 Å². The van der Waals surface area contributed by atoms with Crippen molar-refractivity contribution in [3.63, 3.8) is 0 Å². The van der Waals surface area contributed by atoms with Crippen molar-refractivity contribution in [1.82, 2.24) is 5.32 Å². The van der Waals surface area contributed by atoms with Crippen molar-refractivity contribution in [3.05, 3.63) is 23.8 Å². The van der Waals surface area contributed by atoms with Gasteiger partial charge in [0.05, 0.1) is 6.10 Å². The number of amides is 1. The highest BCUT2D eigenvalue weighted by Gasteiger charge is 2.21. The van der Waals surface area contributed by atoms with E-state index in [0.717, 1.165) is 31.4 Å². The van der Waals surface area contributed by atoms with Crippen molar-refractivity contribution in [2.75, 3.05) is 13.7 Å². The predicted molar refractivity (Wildman–Crippen MR) is 80.3 cm³/mol. The van der Waals surface area contributed by atoms with Gasteiger partial charge in [-0.05, 0) is 26.2 Å². The third-order valence-corrected chi connectivity index (χ3v) is 3.58. The molecule has 4 nitrogen and oxygen atoms in total. The van der Waals surface area contributed by atoms with Gasteiger partial charge in [0, 0.05) is 26.0 Å². The molecule has 0 saturated heterocycles. The summed E-state index contributed by atoms with van der Waals surface area (Å²) in [5.41, 5.74) is 0.977. The number of aliphatic hydroxyl groups is 1. The van der Waals surface area contributed by atoms with E-state index in [2.05, 4.69) is 5.32 Å². The molecule has 0 spiro atoms. The van der Waals surface area contributed by atoms with E-state index in [4.69, 9.17) is 4.74 Å². The molecule has 0 radical (unpaired) electrons. The number of methoxy groups -OCH3 is 1. The average Bonchev–Trinajstić information content (AvgIpc) is 2.40. The molecule has 0 fully saturated rings. The van der Waals surface area contributed by atoms with Crippen LogP contribution in [0.25, 0.3) is 0 Å². The van der Waals surface area contributed by atoms with E-state index in [1.165, 1.54) is 0 Å². The van der Waals surface area contributed by atoms with Crippen LogP contribution in [0.3, 0.4) is 0 Å². The highest BCUT2D eigenvalue weighted by Crippen LogP contribution is 2.16. The van der Waals surface area contributed by atoms with Crippen LogP contribution in [0.15, 0.2) is 23.8 Å². The van der Waals surface area contributed by atoms with E-state index in [0.29, 0.717) is 6.42 Å². The van der Waals surface area contributed by atoms with Gasteiger partial charge in [-0.25, -0.2) is 0 Å². The number of rotatable bonds is 1. The number of carbonyl (C=O) groups is 1. The lowest BCUT2D eigenvalue weighted by molar-refractivity contribution is -0.120. The zero-order chi connectivity index (χ0) is 15.0. The first-order chi connectivity index (χ1) is 9.54. The molecule has 1 heterocycles. The van der Waals surface area contributed by atoms with Crippen LogP contribution in [0.4, 0.5) is 0 Å². The summed E-state index contributed by atoms with van der Waals surface area (Å²) in [7, 11) is 1.61. The van der Waals surface area contributed by atoms with Gasteiger partial charge in [0.1, 0.15) is 6.10 Å². The molecule has 20 heavy (non-hydrogen) atoms. The molecule has 4 heteroatoms. The molecule has 1 aliphatic heterocycles. The van der Waals surface area contributed by atoms with Crippen molar-refractivity contribution in [2.45, 2.75) is 51.7 Å². The van der Waals surface area contributed by atoms with Crippen LogP contribution in [-0.2, 0) is 9.53 Å². The fourth-order valence-corrected chi connectivity index (χ4v) is 2.40. The van der Waals surface area contributed by atoms with Crippen LogP contribution in [0.5, 0.6) is 0 Å². The van der Waals surface area contributed by atoms with E-state index in [-0.39, 0.29) is 17.9 Å². The highest BCUT2D eigenvalue weighted by molar-refractivity contribution is 5.78. The predicted octanol–water partition coefficient (Wildman–Crippen LogP) is 2.19. The van der Waals surface area contributed by atoms with Crippen LogP contribution >= 0.6 is 0 Å².